The second kappa shape index (κ2) is 9.70. The topological polar surface area (TPSA) is 72.9 Å². The van der Waals surface area contributed by atoms with Gasteiger partial charge in [0.1, 0.15) is 5.82 Å². The van der Waals surface area contributed by atoms with Gasteiger partial charge in [0.15, 0.2) is 11.5 Å². The van der Waals surface area contributed by atoms with Gasteiger partial charge in [-0.25, -0.2) is 9.18 Å². The molecule has 2 amide bonds. The lowest BCUT2D eigenvalue weighted by molar-refractivity contribution is -0.123. The number of rotatable bonds is 6. The molecular weight excluding hydrogens is 445 g/mol. The third kappa shape index (κ3) is 5.12. The first-order chi connectivity index (χ1) is 15.9. The van der Waals surface area contributed by atoms with Crippen molar-refractivity contribution < 1.29 is 28.2 Å². The van der Waals surface area contributed by atoms with E-state index in [0.717, 1.165) is 17.3 Å². The smallest absolute Gasteiger partial charge is 0.343 e. The monoisotopic (exact) mass is 463 g/mol. The number of hydrogen-bond donors (Lipinski definition) is 0. The van der Waals surface area contributed by atoms with E-state index in [1.807, 2.05) is 30.3 Å². The molecule has 1 saturated heterocycles. The van der Waals surface area contributed by atoms with E-state index >= 15 is 0 Å². The molecule has 0 aliphatic carbocycles. The third-order valence-corrected chi connectivity index (χ3v) is 5.73. The number of nitrogens with zero attached hydrogens (tertiary/aromatic N) is 1. The van der Waals surface area contributed by atoms with Crippen LogP contribution in [0.3, 0.4) is 0 Å². The van der Waals surface area contributed by atoms with Gasteiger partial charge in [-0.05, 0) is 65.4 Å². The highest BCUT2D eigenvalue weighted by Gasteiger charge is 2.35. The van der Waals surface area contributed by atoms with Gasteiger partial charge in [-0.15, -0.1) is 0 Å². The van der Waals surface area contributed by atoms with Gasteiger partial charge in [0, 0.05) is 0 Å². The second-order valence-electron chi connectivity index (χ2n) is 7.06. The van der Waals surface area contributed by atoms with E-state index in [4.69, 9.17) is 9.47 Å². The summed E-state index contributed by atoms with van der Waals surface area (Å²) in [4.78, 5) is 38.9. The number of halogens is 1. The number of imide groups is 1. The molecule has 0 radical (unpaired) electrons. The van der Waals surface area contributed by atoms with E-state index in [-0.39, 0.29) is 39.7 Å². The van der Waals surface area contributed by atoms with Crippen LogP contribution in [0.1, 0.15) is 21.5 Å². The minimum atomic E-state index is -0.664. The zero-order valence-electron chi connectivity index (χ0n) is 17.5. The van der Waals surface area contributed by atoms with E-state index in [9.17, 15) is 18.8 Å². The molecule has 8 heteroatoms. The summed E-state index contributed by atoms with van der Waals surface area (Å²) in [5.74, 6) is -1.06. The molecule has 0 spiro atoms. The van der Waals surface area contributed by atoms with Crippen LogP contribution in [0.15, 0.2) is 77.7 Å². The van der Waals surface area contributed by atoms with Crippen LogP contribution in [0.4, 0.5) is 9.18 Å². The normalized spacial score (nSPS) is 14.6. The number of ether oxygens (including phenoxy) is 2. The van der Waals surface area contributed by atoms with Crippen LogP contribution >= 0.6 is 11.8 Å². The predicted octanol–water partition coefficient (Wildman–Crippen LogP) is 5.29. The molecule has 0 saturated carbocycles. The minimum Gasteiger partial charge on any atom is -0.493 e. The first-order valence-corrected chi connectivity index (χ1v) is 10.7. The Morgan fingerprint density at radius 3 is 2.42 bits per heavy atom. The quantitative estimate of drug-likeness (QED) is 0.281. The molecule has 0 unspecified atom stereocenters. The van der Waals surface area contributed by atoms with E-state index in [1.54, 1.807) is 18.2 Å². The number of esters is 1. The Morgan fingerprint density at radius 1 is 1.00 bits per heavy atom. The van der Waals surface area contributed by atoms with Crippen molar-refractivity contribution in [2.24, 2.45) is 0 Å². The van der Waals surface area contributed by atoms with Crippen LogP contribution in [0, 0.1) is 5.82 Å². The predicted molar refractivity (Wildman–Crippen MR) is 122 cm³/mol. The summed E-state index contributed by atoms with van der Waals surface area (Å²) in [7, 11) is 1.42. The van der Waals surface area contributed by atoms with Crippen LogP contribution in [-0.2, 0) is 11.3 Å². The average molecular weight is 463 g/mol. The van der Waals surface area contributed by atoms with Crippen molar-refractivity contribution in [3.8, 4) is 11.5 Å². The molecule has 1 heterocycles. The summed E-state index contributed by atoms with van der Waals surface area (Å²) < 4.78 is 23.8. The van der Waals surface area contributed by atoms with E-state index < -0.39 is 11.8 Å². The molecule has 0 N–H and O–H groups in total. The van der Waals surface area contributed by atoms with Crippen LogP contribution in [0.5, 0.6) is 11.5 Å². The molecule has 3 aromatic carbocycles. The Morgan fingerprint density at radius 2 is 1.73 bits per heavy atom. The number of hydrogen-bond acceptors (Lipinski definition) is 6. The summed E-state index contributed by atoms with van der Waals surface area (Å²) in [6.07, 6.45) is 1.59. The molecule has 1 aliphatic rings. The first kappa shape index (κ1) is 22.3. The van der Waals surface area contributed by atoms with Crippen molar-refractivity contribution in [3.63, 3.8) is 0 Å². The first-order valence-electron chi connectivity index (χ1n) is 9.89. The van der Waals surface area contributed by atoms with Crippen LogP contribution in [0.2, 0.25) is 0 Å². The average Bonchev–Trinajstić information content (AvgIpc) is 3.08. The van der Waals surface area contributed by atoms with Gasteiger partial charge in [-0.2, -0.15) is 0 Å². The van der Waals surface area contributed by atoms with E-state index in [1.165, 1.54) is 42.3 Å². The lowest BCUT2D eigenvalue weighted by atomic mass is 10.1. The van der Waals surface area contributed by atoms with Crippen LogP contribution < -0.4 is 9.47 Å². The van der Waals surface area contributed by atoms with Gasteiger partial charge in [-0.1, -0.05) is 36.4 Å². The molecule has 0 atom stereocenters. The SMILES string of the molecule is COc1cc(/C=C2\SC(=O)N(Cc3ccccc3)C2=O)ccc1OC(=O)c1ccc(F)cc1. The standard InChI is InChI=1S/C25H18FNO5S/c1-31-21-13-17(7-12-20(21)32-24(29)18-8-10-19(26)11-9-18)14-22-23(28)27(25(30)33-22)15-16-5-3-2-4-6-16/h2-14H,15H2,1H3/b22-14-. The summed E-state index contributed by atoms with van der Waals surface area (Å²) in [5.41, 5.74) is 1.64. The minimum absolute atomic E-state index is 0.168. The molecule has 4 rings (SSSR count). The van der Waals surface area contributed by atoms with E-state index in [2.05, 4.69) is 0 Å². The Balaban J connectivity index is 1.51. The van der Waals surface area contributed by atoms with Crippen molar-refractivity contribution in [1.29, 1.82) is 0 Å². The molecule has 6 nitrogen and oxygen atoms in total. The Kier molecular flexibility index (Phi) is 6.55. The molecule has 33 heavy (non-hydrogen) atoms. The largest absolute Gasteiger partial charge is 0.493 e. The van der Waals surface area contributed by atoms with Crippen LogP contribution in [-0.4, -0.2) is 29.1 Å². The maximum Gasteiger partial charge on any atom is 0.343 e. The second-order valence-corrected chi connectivity index (χ2v) is 8.05. The van der Waals surface area contributed by atoms with Crippen molar-refractivity contribution in [2.45, 2.75) is 6.54 Å². The fraction of sp³-hybridized carbons (Fsp3) is 0.0800. The highest BCUT2D eigenvalue weighted by atomic mass is 32.2. The van der Waals surface area contributed by atoms with Gasteiger partial charge in [-0.3, -0.25) is 14.5 Å². The Labute approximate surface area is 193 Å². The fourth-order valence-electron chi connectivity index (χ4n) is 3.16. The maximum atomic E-state index is 13.1. The third-order valence-electron chi connectivity index (χ3n) is 4.83. The van der Waals surface area contributed by atoms with Gasteiger partial charge in [0.25, 0.3) is 11.1 Å². The molecule has 1 fully saturated rings. The van der Waals surface area contributed by atoms with Crippen molar-refractivity contribution >= 4 is 35.0 Å². The number of methoxy groups -OCH3 is 1. The number of benzene rings is 3. The summed E-state index contributed by atoms with van der Waals surface area (Å²) in [5, 5.41) is -0.341. The summed E-state index contributed by atoms with van der Waals surface area (Å²) >= 11 is 0.864. The van der Waals surface area contributed by atoms with Crippen molar-refractivity contribution in [3.05, 3.63) is 100 Å². The molecule has 0 bridgehead atoms. The summed E-state index contributed by atoms with van der Waals surface area (Å²) in [6, 6.07) is 19.0. The lowest BCUT2D eigenvalue weighted by Crippen LogP contribution is -2.27. The highest BCUT2D eigenvalue weighted by Crippen LogP contribution is 2.35. The molecule has 0 aromatic heterocycles. The van der Waals surface area contributed by atoms with Gasteiger partial charge in [0.2, 0.25) is 0 Å². The van der Waals surface area contributed by atoms with Crippen LogP contribution in [0.25, 0.3) is 6.08 Å². The number of carbonyl (C=O) groups excluding carboxylic acids is 3. The van der Waals surface area contributed by atoms with Gasteiger partial charge >= 0.3 is 5.97 Å². The van der Waals surface area contributed by atoms with Crippen molar-refractivity contribution in [2.75, 3.05) is 7.11 Å². The fourth-order valence-corrected chi connectivity index (χ4v) is 3.99. The number of carbonyl (C=O) groups is 3. The Hall–Kier alpha value is -3.91. The summed E-state index contributed by atoms with van der Waals surface area (Å²) in [6.45, 7) is 0.199. The molecule has 166 valence electrons. The zero-order chi connectivity index (χ0) is 23.4. The van der Waals surface area contributed by atoms with Gasteiger partial charge in [0.05, 0.1) is 24.1 Å². The maximum absolute atomic E-state index is 13.1. The van der Waals surface area contributed by atoms with Crippen molar-refractivity contribution in [1.82, 2.24) is 4.90 Å². The Bertz CT molecular complexity index is 1240. The molecule has 1 aliphatic heterocycles. The molecular formula is C25H18FNO5S. The molecule has 3 aromatic rings. The lowest BCUT2D eigenvalue weighted by Gasteiger charge is -2.12. The van der Waals surface area contributed by atoms with Gasteiger partial charge < -0.3 is 9.47 Å². The highest BCUT2D eigenvalue weighted by molar-refractivity contribution is 8.18. The zero-order valence-corrected chi connectivity index (χ0v) is 18.3. The van der Waals surface area contributed by atoms with E-state index in [0.29, 0.717) is 5.56 Å². The number of thioether (sulfide) groups is 1. The number of amides is 2.